The summed E-state index contributed by atoms with van der Waals surface area (Å²) in [5.74, 6) is 0.107. The van der Waals surface area contributed by atoms with Gasteiger partial charge in [0, 0.05) is 37.6 Å². The Labute approximate surface area is 163 Å². The molecule has 0 aromatic carbocycles. The number of ether oxygens (including phenoxy) is 1. The molecule has 7 nitrogen and oxygen atoms in total. The van der Waals surface area contributed by atoms with Crippen LogP contribution >= 0.6 is 11.6 Å². The summed E-state index contributed by atoms with van der Waals surface area (Å²) in [6, 6.07) is 2.90. The van der Waals surface area contributed by atoms with Crippen LogP contribution in [-0.4, -0.2) is 52.0 Å². The molecule has 11 heteroatoms. The van der Waals surface area contributed by atoms with Crippen LogP contribution in [0.2, 0.25) is 5.15 Å². The third kappa shape index (κ3) is 4.61. The summed E-state index contributed by atoms with van der Waals surface area (Å²) in [6.07, 6.45) is -1.60. The smallest absolute Gasteiger partial charge is 0.419 e. The third-order valence-corrected chi connectivity index (χ3v) is 4.57. The molecule has 150 valence electrons. The molecular formula is C17H17ClF3N5O2. The molecule has 1 saturated heterocycles. The topological polar surface area (TPSA) is 80.2 Å². The van der Waals surface area contributed by atoms with Gasteiger partial charge in [0.1, 0.15) is 5.15 Å². The number of halogens is 4. The van der Waals surface area contributed by atoms with Gasteiger partial charge in [-0.15, -0.1) is 0 Å². The Morgan fingerprint density at radius 2 is 2.04 bits per heavy atom. The largest absolute Gasteiger partial charge is 0.481 e. The number of piperidine rings is 1. The number of alkyl halides is 3. The van der Waals surface area contributed by atoms with E-state index in [0.717, 1.165) is 18.8 Å². The normalized spacial score (nSPS) is 17.3. The zero-order valence-corrected chi connectivity index (χ0v) is 15.6. The van der Waals surface area contributed by atoms with Gasteiger partial charge >= 0.3 is 6.18 Å². The number of aromatic nitrogens is 3. The molecule has 0 spiro atoms. The van der Waals surface area contributed by atoms with Crippen molar-refractivity contribution in [3.05, 3.63) is 40.8 Å². The second-order valence-corrected chi connectivity index (χ2v) is 6.58. The molecule has 0 saturated carbocycles. The number of methoxy groups -OCH3 is 1. The molecule has 1 N–H and O–H groups in total. The Hall–Kier alpha value is -2.62. The molecule has 0 radical (unpaired) electrons. The van der Waals surface area contributed by atoms with E-state index in [0.29, 0.717) is 25.4 Å². The molecule has 1 fully saturated rings. The summed E-state index contributed by atoms with van der Waals surface area (Å²) in [7, 11) is 1.45. The number of rotatable bonds is 4. The van der Waals surface area contributed by atoms with Crippen LogP contribution in [0.15, 0.2) is 24.5 Å². The van der Waals surface area contributed by atoms with Crippen molar-refractivity contribution in [1.82, 2.24) is 19.9 Å². The predicted octanol–water partition coefficient (Wildman–Crippen LogP) is 3.27. The van der Waals surface area contributed by atoms with E-state index in [2.05, 4.69) is 20.3 Å². The Morgan fingerprint density at radius 3 is 2.64 bits per heavy atom. The summed E-state index contributed by atoms with van der Waals surface area (Å²) >= 11 is 6.07. The van der Waals surface area contributed by atoms with Crippen molar-refractivity contribution in [3.63, 3.8) is 0 Å². The van der Waals surface area contributed by atoms with Gasteiger partial charge in [0.15, 0.2) is 0 Å². The minimum absolute atomic E-state index is 0.0468. The van der Waals surface area contributed by atoms with Crippen molar-refractivity contribution in [2.45, 2.75) is 25.1 Å². The van der Waals surface area contributed by atoms with Gasteiger partial charge in [-0.25, -0.2) is 15.0 Å². The molecule has 1 unspecified atom stereocenters. The molecular weight excluding hydrogens is 399 g/mol. The van der Waals surface area contributed by atoms with Crippen LogP contribution in [0.25, 0.3) is 0 Å². The highest BCUT2D eigenvalue weighted by Crippen LogP contribution is 2.28. The van der Waals surface area contributed by atoms with E-state index in [-0.39, 0.29) is 28.6 Å². The van der Waals surface area contributed by atoms with Crippen LogP contribution in [0, 0.1) is 0 Å². The van der Waals surface area contributed by atoms with Crippen LogP contribution in [-0.2, 0) is 6.18 Å². The molecule has 28 heavy (non-hydrogen) atoms. The summed E-state index contributed by atoms with van der Waals surface area (Å²) in [5, 5.41) is 3.02. The molecule has 0 aliphatic carbocycles. The third-order valence-electron chi connectivity index (χ3n) is 4.28. The number of nitrogens with one attached hydrogen (secondary N) is 1. The summed E-state index contributed by atoms with van der Waals surface area (Å²) < 4.78 is 42.7. The van der Waals surface area contributed by atoms with Crippen molar-refractivity contribution in [3.8, 4) is 5.88 Å². The molecule has 2 aromatic heterocycles. The van der Waals surface area contributed by atoms with E-state index >= 15 is 0 Å². The van der Waals surface area contributed by atoms with Crippen LogP contribution in [0.5, 0.6) is 5.88 Å². The number of pyridine rings is 1. The zero-order chi connectivity index (χ0) is 20.3. The first kappa shape index (κ1) is 20.1. The maximum absolute atomic E-state index is 12.7. The van der Waals surface area contributed by atoms with Crippen LogP contribution in [0.1, 0.15) is 28.8 Å². The van der Waals surface area contributed by atoms with E-state index in [9.17, 15) is 18.0 Å². The Balaban J connectivity index is 1.66. The standard InChI is InChI=1S/C17H17ClF3N5O2/c1-28-13-5-4-12(14(18)25-13)15(27)26-6-2-3-11(9-26)24-16-22-7-10(8-23-16)17(19,20)21/h4-5,7-8,11H,2-3,6,9H2,1H3,(H,22,23,24). The number of likely N-dealkylation sites (tertiary alicyclic amines) is 1. The molecule has 2 aromatic rings. The number of hydrogen-bond acceptors (Lipinski definition) is 6. The molecule has 1 atom stereocenters. The fraction of sp³-hybridized carbons (Fsp3) is 0.412. The number of amides is 1. The van der Waals surface area contributed by atoms with Crippen molar-refractivity contribution in [2.24, 2.45) is 0 Å². The SMILES string of the molecule is COc1ccc(C(=O)N2CCCC(Nc3ncc(C(F)(F)F)cn3)C2)c(Cl)n1. The second-order valence-electron chi connectivity index (χ2n) is 6.22. The lowest BCUT2D eigenvalue weighted by atomic mass is 10.0. The number of carbonyl (C=O) groups excluding carboxylic acids is 1. The van der Waals surface area contributed by atoms with Gasteiger partial charge in [0.2, 0.25) is 11.8 Å². The maximum atomic E-state index is 12.7. The monoisotopic (exact) mass is 415 g/mol. The highest BCUT2D eigenvalue weighted by Gasteiger charge is 2.32. The van der Waals surface area contributed by atoms with Gasteiger partial charge < -0.3 is 15.0 Å². The van der Waals surface area contributed by atoms with Crippen LogP contribution in [0.3, 0.4) is 0 Å². The Bertz CT molecular complexity index is 848. The fourth-order valence-electron chi connectivity index (χ4n) is 2.87. The minimum atomic E-state index is -4.49. The first-order valence-corrected chi connectivity index (χ1v) is 8.81. The molecule has 0 bridgehead atoms. The van der Waals surface area contributed by atoms with Gasteiger partial charge in [-0.2, -0.15) is 13.2 Å². The Morgan fingerprint density at radius 1 is 1.32 bits per heavy atom. The van der Waals surface area contributed by atoms with E-state index < -0.39 is 11.7 Å². The minimum Gasteiger partial charge on any atom is -0.481 e. The number of hydrogen-bond donors (Lipinski definition) is 1. The molecule has 1 aliphatic heterocycles. The Kier molecular flexibility index (Phi) is 5.87. The van der Waals surface area contributed by atoms with E-state index in [1.54, 1.807) is 17.0 Å². The van der Waals surface area contributed by atoms with Gasteiger partial charge in [-0.05, 0) is 18.9 Å². The number of carbonyl (C=O) groups is 1. The van der Waals surface area contributed by atoms with E-state index in [1.807, 2.05) is 0 Å². The van der Waals surface area contributed by atoms with Gasteiger partial charge in [0.05, 0.1) is 18.2 Å². The number of nitrogens with zero attached hydrogens (tertiary/aromatic N) is 4. The molecule has 3 heterocycles. The van der Waals surface area contributed by atoms with Gasteiger partial charge in [-0.1, -0.05) is 11.6 Å². The van der Waals surface area contributed by atoms with Gasteiger partial charge in [0.25, 0.3) is 5.91 Å². The second kappa shape index (κ2) is 8.17. The predicted molar refractivity (Wildman–Crippen MR) is 95.4 cm³/mol. The molecule has 1 aliphatic rings. The average molecular weight is 416 g/mol. The highest BCUT2D eigenvalue weighted by molar-refractivity contribution is 6.32. The van der Waals surface area contributed by atoms with E-state index in [4.69, 9.17) is 16.3 Å². The maximum Gasteiger partial charge on any atom is 0.419 e. The van der Waals surface area contributed by atoms with Crippen molar-refractivity contribution >= 4 is 23.5 Å². The fourth-order valence-corrected chi connectivity index (χ4v) is 3.10. The van der Waals surface area contributed by atoms with Gasteiger partial charge in [-0.3, -0.25) is 4.79 Å². The summed E-state index contributed by atoms with van der Waals surface area (Å²) in [4.78, 5) is 25.8. The lowest BCUT2D eigenvalue weighted by Gasteiger charge is -2.33. The highest BCUT2D eigenvalue weighted by atomic mass is 35.5. The van der Waals surface area contributed by atoms with Crippen molar-refractivity contribution in [1.29, 1.82) is 0 Å². The summed E-state index contributed by atoms with van der Waals surface area (Å²) in [5.41, 5.74) is -0.658. The van der Waals surface area contributed by atoms with Crippen LogP contribution in [0.4, 0.5) is 19.1 Å². The lowest BCUT2D eigenvalue weighted by molar-refractivity contribution is -0.138. The first-order valence-electron chi connectivity index (χ1n) is 8.43. The quantitative estimate of drug-likeness (QED) is 0.772. The van der Waals surface area contributed by atoms with E-state index in [1.165, 1.54) is 7.11 Å². The first-order chi connectivity index (χ1) is 13.3. The van der Waals surface area contributed by atoms with Crippen LogP contribution < -0.4 is 10.1 Å². The molecule has 3 rings (SSSR count). The number of anilines is 1. The average Bonchev–Trinajstić information content (AvgIpc) is 2.67. The lowest BCUT2D eigenvalue weighted by Crippen LogP contribution is -2.45. The summed E-state index contributed by atoms with van der Waals surface area (Å²) in [6.45, 7) is 0.874. The van der Waals surface area contributed by atoms with Crippen molar-refractivity contribution in [2.75, 3.05) is 25.5 Å². The molecule has 1 amide bonds. The van der Waals surface area contributed by atoms with Crippen molar-refractivity contribution < 1.29 is 22.7 Å². The zero-order valence-electron chi connectivity index (χ0n) is 14.8.